The van der Waals surface area contributed by atoms with Crippen molar-refractivity contribution in [3.8, 4) is 0 Å². The molecule has 4 rings (SSSR count). The van der Waals surface area contributed by atoms with E-state index in [1.807, 2.05) is 66.7 Å². The van der Waals surface area contributed by atoms with Gasteiger partial charge in [0.2, 0.25) is 5.91 Å². The normalized spacial score (nSPS) is 19.0. The number of aryl methyl sites for hydroxylation is 1. The maximum atomic E-state index is 13.9. The van der Waals surface area contributed by atoms with E-state index in [4.69, 9.17) is 11.6 Å². The van der Waals surface area contributed by atoms with Gasteiger partial charge >= 0.3 is 0 Å². The average molecular weight is 451 g/mol. The van der Waals surface area contributed by atoms with Gasteiger partial charge in [-0.3, -0.25) is 9.69 Å². The third-order valence-corrected chi connectivity index (χ3v) is 6.58. The van der Waals surface area contributed by atoms with Gasteiger partial charge in [0.25, 0.3) is 0 Å². The summed E-state index contributed by atoms with van der Waals surface area (Å²) in [5, 5.41) is 3.84. The molecule has 0 aliphatic carbocycles. The van der Waals surface area contributed by atoms with E-state index in [1.54, 1.807) is 6.92 Å². The van der Waals surface area contributed by atoms with Crippen molar-refractivity contribution in [1.29, 1.82) is 0 Å². The molecule has 0 spiro atoms. The van der Waals surface area contributed by atoms with Crippen molar-refractivity contribution in [2.45, 2.75) is 32.4 Å². The van der Waals surface area contributed by atoms with Gasteiger partial charge in [-0.15, -0.1) is 0 Å². The minimum Gasteiger partial charge on any atom is -0.352 e. The number of hydrogen-bond donors (Lipinski definition) is 1. The molecule has 166 valence electrons. The van der Waals surface area contributed by atoms with Crippen molar-refractivity contribution in [2.24, 2.45) is 5.92 Å². The summed E-state index contributed by atoms with van der Waals surface area (Å²) in [5.74, 6) is -0.139. The molecule has 1 saturated heterocycles. The molecular weight excluding hydrogens is 423 g/mol. The summed E-state index contributed by atoms with van der Waals surface area (Å²) >= 11 is 6.40. The Kier molecular flexibility index (Phi) is 7.23. The van der Waals surface area contributed by atoms with Crippen LogP contribution in [0.1, 0.15) is 34.6 Å². The average Bonchev–Trinajstić information content (AvgIpc) is 2.81. The number of carbonyl (C=O) groups is 1. The number of benzene rings is 3. The summed E-state index contributed by atoms with van der Waals surface area (Å²) in [4.78, 5) is 15.4. The Labute approximate surface area is 194 Å². The molecule has 0 saturated carbocycles. The summed E-state index contributed by atoms with van der Waals surface area (Å²) in [5.41, 5.74) is 3.84. The summed E-state index contributed by atoms with van der Waals surface area (Å²) in [7, 11) is 0. The van der Waals surface area contributed by atoms with Crippen LogP contribution in [0.4, 0.5) is 4.39 Å². The van der Waals surface area contributed by atoms with Crippen molar-refractivity contribution < 1.29 is 9.18 Å². The molecule has 3 aromatic carbocycles. The van der Waals surface area contributed by atoms with E-state index >= 15 is 0 Å². The Hall–Kier alpha value is -2.69. The Balaban J connectivity index is 1.52. The Morgan fingerprint density at radius 3 is 2.56 bits per heavy atom. The number of piperidine rings is 1. The fourth-order valence-corrected chi connectivity index (χ4v) is 4.67. The first-order chi connectivity index (χ1) is 15.5. The zero-order valence-corrected chi connectivity index (χ0v) is 19.0. The maximum Gasteiger partial charge on any atom is 0.224 e. The van der Waals surface area contributed by atoms with Crippen molar-refractivity contribution >= 4 is 17.5 Å². The highest BCUT2D eigenvalue weighted by Crippen LogP contribution is 2.33. The molecule has 1 aliphatic rings. The molecule has 2 atom stereocenters. The first-order valence-corrected chi connectivity index (χ1v) is 11.4. The van der Waals surface area contributed by atoms with Crippen LogP contribution in [0.25, 0.3) is 0 Å². The number of nitrogens with zero attached hydrogens (tertiary/aromatic N) is 1. The standard InChI is InChI=1S/C27H28ClFN2O/c1-19-13-21(11-12-26(19)29)23-14-24(27(32)30-15-20-7-3-2-4-8-20)18-31(17-23)16-22-9-5-6-10-25(22)28/h2-13,23-24H,14-18H2,1H3,(H,30,32)/t23-,24-/m1/s1. The van der Waals surface area contributed by atoms with Crippen LogP contribution in [-0.2, 0) is 17.9 Å². The number of rotatable bonds is 6. The predicted octanol–water partition coefficient (Wildman–Crippen LogP) is 5.71. The number of amides is 1. The van der Waals surface area contributed by atoms with Gasteiger partial charge in [0.15, 0.2) is 0 Å². The zero-order valence-electron chi connectivity index (χ0n) is 18.2. The Morgan fingerprint density at radius 1 is 1.06 bits per heavy atom. The summed E-state index contributed by atoms with van der Waals surface area (Å²) < 4.78 is 13.9. The van der Waals surface area contributed by atoms with Gasteiger partial charge in [0, 0.05) is 31.2 Å². The number of likely N-dealkylation sites (tertiary alicyclic amines) is 1. The molecule has 1 heterocycles. The molecule has 3 nitrogen and oxygen atoms in total. The van der Waals surface area contributed by atoms with Crippen LogP contribution in [0.2, 0.25) is 5.02 Å². The largest absolute Gasteiger partial charge is 0.352 e. The lowest BCUT2D eigenvalue weighted by atomic mass is 9.83. The fourth-order valence-electron chi connectivity index (χ4n) is 4.47. The van der Waals surface area contributed by atoms with E-state index in [1.165, 1.54) is 6.07 Å². The quantitative estimate of drug-likeness (QED) is 0.521. The van der Waals surface area contributed by atoms with Crippen molar-refractivity contribution in [2.75, 3.05) is 13.1 Å². The van der Waals surface area contributed by atoms with E-state index in [2.05, 4.69) is 10.2 Å². The third-order valence-electron chi connectivity index (χ3n) is 6.21. The number of hydrogen-bond acceptors (Lipinski definition) is 2. The van der Waals surface area contributed by atoms with Crippen molar-refractivity contribution in [3.63, 3.8) is 0 Å². The van der Waals surface area contributed by atoms with Crippen LogP contribution < -0.4 is 5.32 Å². The molecule has 32 heavy (non-hydrogen) atoms. The van der Waals surface area contributed by atoms with Crippen LogP contribution in [0.15, 0.2) is 72.8 Å². The highest BCUT2D eigenvalue weighted by Gasteiger charge is 2.32. The first-order valence-electron chi connectivity index (χ1n) is 11.0. The van der Waals surface area contributed by atoms with Gasteiger partial charge in [-0.1, -0.05) is 72.3 Å². The van der Waals surface area contributed by atoms with E-state index in [0.29, 0.717) is 25.2 Å². The third kappa shape index (κ3) is 5.56. The number of halogens is 2. The van der Waals surface area contributed by atoms with Gasteiger partial charge in [0.05, 0.1) is 5.92 Å². The molecule has 3 aromatic rings. The lowest BCUT2D eigenvalue weighted by molar-refractivity contribution is -0.127. The highest BCUT2D eigenvalue weighted by atomic mass is 35.5. The van der Waals surface area contributed by atoms with Crippen LogP contribution in [0.3, 0.4) is 0 Å². The minimum atomic E-state index is -0.199. The lowest BCUT2D eigenvalue weighted by Gasteiger charge is -2.37. The van der Waals surface area contributed by atoms with E-state index in [-0.39, 0.29) is 23.6 Å². The Bertz CT molecular complexity index is 1070. The summed E-state index contributed by atoms with van der Waals surface area (Å²) in [6.45, 7) is 4.45. The second-order valence-corrected chi connectivity index (χ2v) is 9.03. The molecule has 1 N–H and O–H groups in total. The molecular formula is C27H28ClFN2O. The highest BCUT2D eigenvalue weighted by molar-refractivity contribution is 6.31. The second-order valence-electron chi connectivity index (χ2n) is 8.63. The van der Waals surface area contributed by atoms with E-state index in [9.17, 15) is 9.18 Å². The summed E-state index contributed by atoms with van der Waals surface area (Å²) in [6, 6.07) is 23.1. The van der Waals surface area contributed by atoms with Crippen molar-refractivity contribution in [1.82, 2.24) is 10.2 Å². The molecule has 1 fully saturated rings. The molecule has 5 heteroatoms. The minimum absolute atomic E-state index is 0.0570. The molecule has 0 aromatic heterocycles. The Morgan fingerprint density at radius 2 is 1.81 bits per heavy atom. The monoisotopic (exact) mass is 450 g/mol. The SMILES string of the molecule is Cc1cc([C@@H]2C[C@@H](C(=O)NCc3ccccc3)CN(Cc3ccccc3Cl)C2)ccc1F. The molecule has 1 amide bonds. The van der Waals surface area contributed by atoms with Gasteiger partial charge in [-0.05, 0) is 53.6 Å². The van der Waals surface area contributed by atoms with Gasteiger partial charge in [0.1, 0.15) is 5.82 Å². The molecule has 1 aliphatic heterocycles. The summed E-state index contributed by atoms with van der Waals surface area (Å²) in [6.07, 6.45) is 0.741. The fraction of sp³-hybridized carbons (Fsp3) is 0.296. The van der Waals surface area contributed by atoms with Crippen LogP contribution in [0.5, 0.6) is 0 Å². The molecule has 0 bridgehead atoms. The first kappa shape index (κ1) is 22.5. The topological polar surface area (TPSA) is 32.3 Å². The number of carbonyl (C=O) groups excluding carboxylic acids is 1. The van der Waals surface area contributed by atoms with E-state index in [0.717, 1.165) is 34.7 Å². The smallest absolute Gasteiger partial charge is 0.224 e. The van der Waals surface area contributed by atoms with Gasteiger partial charge in [-0.2, -0.15) is 0 Å². The lowest BCUT2D eigenvalue weighted by Crippen LogP contribution is -2.45. The second kappa shape index (κ2) is 10.3. The van der Waals surface area contributed by atoms with Crippen LogP contribution in [0, 0.1) is 18.7 Å². The van der Waals surface area contributed by atoms with Crippen molar-refractivity contribution in [3.05, 3.63) is 106 Å². The van der Waals surface area contributed by atoms with Gasteiger partial charge < -0.3 is 5.32 Å². The maximum absolute atomic E-state index is 13.9. The molecule has 0 unspecified atom stereocenters. The predicted molar refractivity (Wildman–Crippen MR) is 127 cm³/mol. The molecule has 0 radical (unpaired) electrons. The zero-order chi connectivity index (χ0) is 22.5. The van der Waals surface area contributed by atoms with Gasteiger partial charge in [-0.25, -0.2) is 4.39 Å². The number of nitrogens with one attached hydrogen (secondary N) is 1. The van der Waals surface area contributed by atoms with E-state index < -0.39 is 0 Å². The van der Waals surface area contributed by atoms with Crippen LogP contribution >= 0.6 is 11.6 Å². The van der Waals surface area contributed by atoms with Crippen LogP contribution in [-0.4, -0.2) is 23.9 Å².